The van der Waals surface area contributed by atoms with Gasteiger partial charge in [0.15, 0.2) is 0 Å². The standard InChI is InChI=1S/C21H22N4O3/c1-27-18-9-5-4-7-16(18)21(26)25-14-6-2-3-8-17(25)20-23-19(24-28-20)15-10-12-22-13-11-15/h4-5,7,9-13,17H,2-3,6,8,14H2,1H3. The van der Waals surface area contributed by atoms with Gasteiger partial charge >= 0.3 is 0 Å². The van der Waals surface area contributed by atoms with Crippen LogP contribution in [0.3, 0.4) is 0 Å². The molecule has 1 aromatic carbocycles. The van der Waals surface area contributed by atoms with Crippen LogP contribution in [-0.2, 0) is 0 Å². The first-order valence-electron chi connectivity index (χ1n) is 9.46. The number of carbonyl (C=O) groups is 1. The van der Waals surface area contributed by atoms with Crippen molar-refractivity contribution in [2.75, 3.05) is 13.7 Å². The largest absolute Gasteiger partial charge is 0.496 e. The summed E-state index contributed by atoms with van der Waals surface area (Å²) in [7, 11) is 1.57. The molecule has 0 saturated carbocycles. The first kappa shape index (κ1) is 18.2. The molecular formula is C21H22N4O3. The highest BCUT2D eigenvalue weighted by atomic mass is 16.5. The molecule has 1 amide bonds. The lowest BCUT2D eigenvalue weighted by Gasteiger charge is -2.28. The number of aromatic nitrogens is 3. The summed E-state index contributed by atoms with van der Waals surface area (Å²) in [5.41, 5.74) is 1.38. The molecule has 4 rings (SSSR count). The average molecular weight is 378 g/mol. The lowest BCUT2D eigenvalue weighted by Crippen LogP contribution is -2.35. The molecule has 144 valence electrons. The number of methoxy groups -OCH3 is 1. The fraction of sp³-hybridized carbons (Fsp3) is 0.333. The van der Waals surface area contributed by atoms with Gasteiger partial charge in [0, 0.05) is 24.5 Å². The van der Waals surface area contributed by atoms with Crippen LogP contribution in [0.25, 0.3) is 11.4 Å². The second kappa shape index (κ2) is 8.21. The van der Waals surface area contributed by atoms with Gasteiger partial charge in [-0.25, -0.2) is 0 Å². The van der Waals surface area contributed by atoms with Gasteiger partial charge in [0.05, 0.1) is 12.7 Å². The van der Waals surface area contributed by atoms with Gasteiger partial charge in [-0.3, -0.25) is 9.78 Å². The number of para-hydroxylation sites is 1. The second-order valence-corrected chi connectivity index (χ2v) is 6.76. The van der Waals surface area contributed by atoms with Crippen molar-refractivity contribution in [1.82, 2.24) is 20.0 Å². The van der Waals surface area contributed by atoms with Crippen LogP contribution in [0.4, 0.5) is 0 Å². The summed E-state index contributed by atoms with van der Waals surface area (Å²) in [6.45, 7) is 0.647. The van der Waals surface area contributed by atoms with Gasteiger partial charge in [-0.05, 0) is 37.1 Å². The predicted molar refractivity (Wildman–Crippen MR) is 103 cm³/mol. The number of carbonyl (C=O) groups excluding carboxylic acids is 1. The van der Waals surface area contributed by atoms with Gasteiger partial charge < -0.3 is 14.2 Å². The number of benzene rings is 1. The minimum absolute atomic E-state index is 0.0759. The third-order valence-corrected chi connectivity index (χ3v) is 5.02. The van der Waals surface area contributed by atoms with Gasteiger partial charge in [-0.2, -0.15) is 4.98 Å². The van der Waals surface area contributed by atoms with Crippen LogP contribution in [0.15, 0.2) is 53.3 Å². The molecule has 1 saturated heterocycles. The van der Waals surface area contributed by atoms with Gasteiger partial charge in [0.2, 0.25) is 11.7 Å². The number of hydrogen-bond acceptors (Lipinski definition) is 6. The number of pyridine rings is 1. The quantitative estimate of drug-likeness (QED) is 0.685. The lowest BCUT2D eigenvalue weighted by molar-refractivity contribution is 0.0641. The predicted octanol–water partition coefficient (Wildman–Crippen LogP) is 3.90. The molecule has 7 nitrogen and oxygen atoms in total. The summed E-state index contributed by atoms with van der Waals surface area (Å²) >= 11 is 0. The summed E-state index contributed by atoms with van der Waals surface area (Å²) < 4.78 is 11.0. The van der Waals surface area contributed by atoms with Gasteiger partial charge in [-0.15, -0.1) is 0 Å². The first-order chi connectivity index (χ1) is 13.8. The normalized spacial score (nSPS) is 17.2. The maximum absolute atomic E-state index is 13.3. The summed E-state index contributed by atoms with van der Waals surface area (Å²) in [6.07, 6.45) is 7.19. The number of ether oxygens (including phenoxy) is 1. The summed E-state index contributed by atoms with van der Waals surface area (Å²) in [6, 6.07) is 10.7. The smallest absolute Gasteiger partial charge is 0.258 e. The first-order valence-corrected chi connectivity index (χ1v) is 9.46. The van der Waals surface area contributed by atoms with E-state index >= 15 is 0 Å². The van der Waals surface area contributed by atoms with Crippen LogP contribution >= 0.6 is 0 Å². The van der Waals surface area contributed by atoms with E-state index in [1.54, 1.807) is 31.6 Å². The Morgan fingerprint density at radius 1 is 1.14 bits per heavy atom. The summed E-state index contributed by atoms with van der Waals surface area (Å²) in [5.74, 6) is 1.47. The highest BCUT2D eigenvalue weighted by Gasteiger charge is 2.32. The summed E-state index contributed by atoms with van der Waals surface area (Å²) in [4.78, 5) is 23.8. The maximum Gasteiger partial charge on any atom is 0.258 e. The molecule has 1 fully saturated rings. The Kier molecular flexibility index (Phi) is 5.32. The monoisotopic (exact) mass is 378 g/mol. The molecule has 2 aromatic heterocycles. The number of rotatable bonds is 4. The Morgan fingerprint density at radius 3 is 2.79 bits per heavy atom. The SMILES string of the molecule is COc1ccccc1C(=O)N1CCCCCC1c1nc(-c2ccncc2)no1. The third kappa shape index (κ3) is 3.60. The molecular weight excluding hydrogens is 356 g/mol. The molecule has 1 aliphatic heterocycles. The van der Waals surface area contributed by atoms with Crippen molar-refractivity contribution in [2.45, 2.75) is 31.7 Å². The molecule has 1 unspecified atom stereocenters. The maximum atomic E-state index is 13.3. The molecule has 1 atom stereocenters. The van der Waals surface area contributed by atoms with E-state index < -0.39 is 0 Å². The molecule has 0 radical (unpaired) electrons. The van der Waals surface area contributed by atoms with Gasteiger partial charge in [0.25, 0.3) is 5.91 Å². The van der Waals surface area contributed by atoms with E-state index in [1.165, 1.54) is 0 Å². The van der Waals surface area contributed by atoms with Gasteiger partial charge in [0.1, 0.15) is 11.8 Å². The lowest BCUT2D eigenvalue weighted by atomic mass is 10.1. The zero-order valence-corrected chi connectivity index (χ0v) is 15.7. The van der Waals surface area contributed by atoms with Gasteiger partial charge in [-0.1, -0.05) is 30.1 Å². The minimum atomic E-state index is -0.247. The Bertz CT molecular complexity index is 942. The van der Waals surface area contributed by atoms with Crippen LogP contribution < -0.4 is 4.74 Å². The molecule has 0 aliphatic carbocycles. The molecule has 7 heteroatoms. The van der Waals surface area contributed by atoms with Crippen LogP contribution in [0.2, 0.25) is 0 Å². The number of nitrogens with zero attached hydrogens (tertiary/aromatic N) is 4. The average Bonchev–Trinajstić information content (AvgIpc) is 3.12. The highest BCUT2D eigenvalue weighted by molar-refractivity contribution is 5.97. The number of hydrogen-bond donors (Lipinski definition) is 0. The Balaban J connectivity index is 1.66. The fourth-order valence-electron chi connectivity index (χ4n) is 3.57. The van der Waals surface area contributed by atoms with E-state index in [4.69, 9.17) is 9.26 Å². The van der Waals surface area contributed by atoms with Crippen molar-refractivity contribution < 1.29 is 14.1 Å². The molecule has 3 aromatic rings. The number of likely N-dealkylation sites (tertiary alicyclic amines) is 1. The topological polar surface area (TPSA) is 81.4 Å². The van der Waals surface area contributed by atoms with E-state index in [2.05, 4.69) is 15.1 Å². The van der Waals surface area contributed by atoms with E-state index in [0.717, 1.165) is 31.2 Å². The fourth-order valence-corrected chi connectivity index (χ4v) is 3.57. The van der Waals surface area contributed by atoms with Crippen molar-refractivity contribution in [1.29, 1.82) is 0 Å². The number of amides is 1. The third-order valence-electron chi connectivity index (χ3n) is 5.02. The Hall–Kier alpha value is -3.22. The highest BCUT2D eigenvalue weighted by Crippen LogP contribution is 2.33. The second-order valence-electron chi connectivity index (χ2n) is 6.76. The van der Waals surface area contributed by atoms with Crippen molar-refractivity contribution in [3.63, 3.8) is 0 Å². The molecule has 0 bridgehead atoms. The van der Waals surface area contributed by atoms with Crippen LogP contribution in [-0.4, -0.2) is 39.6 Å². The van der Waals surface area contributed by atoms with Crippen LogP contribution in [0.1, 0.15) is 48.0 Å². The van der Waals surface area contributed by atoms with Crippen molar-refractivity contribution >= 4 is 5.91 Å². The molecule has 0 spiro atoms. The van der Waals surface area contributed by atoms with E-state index in [9.17, 15) is 4.79 Å². The molecule has 28 heavy (non-hydrogen) atoms. The Labute approximate surface area is 163 Å². The zero-order chi connectivity index (χ0) is 19.3. The Morgan fingerprint density at radius 2 is 1.96 bits per heavy atom. The van der Waals surface area contributed by atoms with Crippen molar-refractivity contribution in [2.24, 2.45) is 0 Å². The van der Waals surface area contributed by atoms with E-state index in [0.29, 0.717) is 29.6 Å². The molecule has 0 N–H and O–H groups in total. The molecule has 1 aliphatic rings. The van der Waals surface area contributed by atoms with Crippen molar-refractivity contribution in [3.8, 4) is 17.1 Å². The van der Waals surface area contributed by atoms with Crippen LogP contribution in [0.5, 0.6) is 5.75 Å². The van der Waals surface area contributed by atoms with E-state index in [1.807, 2.05) is 29.2 Å². The van der Waals surface area contributed by atoms with E-state index in [-0.39, 0.29) is 11.9 Å². The minimum Gasteiger partial charge on any atom is -0.496 e. The molecule has 3 heterocycles. The zero-order valence-electron chi connectivity index (χ0n) is 15.7. The van der Waals surface area contributed by atoms with Crippen LogP contribution in [0, 0.1) is 0 Å². The van der Waals surface area contributed by atoms with Crippen molar-refractivity contribution in [3.05, 3.63) is 60.2 Å². The summed E-state index contributed by atoms with van der Waals surface area (Å²) in [5, 5.41) is 4.12.